The van der Waals surface area contributed by atoms with Crippen LogP contribution in [0.1, 0.15) is 38.2 Å². The third-order valence-corrected chi connectivity index (χ3v) is 5.69. The zero-order valence-corrected chi connectivity index (χ0v) is 16.1. The fraction of sp³-hybridized carbons (Fsp3) is 0.600. The Bertz CT molecular complexity index is 639. The lowest BCUT2D eigenvalue weighted by Crippen LogP contribution is -2.45. The number of piperidine rings is 1. The Morgan fingerprint density at radius 3 is 2.58 bits per heavy atom. The number of likely N-dealkylation sites (tertiary alicyclic amines) is 2. The summed E-state index contributed by atoms with van der Waals surface area (Å²) < 4.78 is 5.36. The fourth-order valence-corrected chi connectivity index (χ4v) is 4.02. The summed E-state index contributed by atoms with van der Waals surface area (Å²) in [6.07, 6.45) is 3.28. The summed E-state index contributed by atoms with van der Waals surface area (Å²) in [6, 6.07) is 7.66. The van der Waals surface area contributed by atoms with E-state index >= 15 is 0 Å². The van der Waals surface area contributed by atoms with Crippen LogP contribution in [0.4, 0.5) is 0 Å². The molecular weight excluding hydrogens is 352 g/mol. The lowest BCUT2D eigenvalue weighted by atomic mass is 9.77. The number of carbonyl (C=O) groups is 2. The first-order valence-corrected chi connectivity index (χ1v) is 9.77. The number of hydrogen-bond donors (Lipinski definition) is 0. The molecule has 2 amide bonds. The van der Waals surface area contributed by atoms with E-state index in [-0.39, 0.29) is 23.8 Å². The molecule has 0 saturated carbocycles. The minimum absolute atomic E-state index is 0.0184. The van der Waals surface area contributed by atoms with Crippen molar-refractivity contribution in [2.45, 2.75) is 39.2 Å². The lowest BCUT2D eigenvalue weighted by molar-refractivity contribution is -0.138. The number of hydrogen-bond acceptors (Lipinski definition) is 3. The van der Waals surface area contributed by atoms with Crippen molar-refractivity contribution in [2.75, 3.05) is 32.8 Å². The summed E-state index contributed by atoms with van der Waals surface area (Å²) in [4.78, 5) is 28.5. The molecule has 5 nitrogen and oxygen atoms in total. The molecule has 3 rings (SSSR count). The molecule has 0 atom stereocenters. The molecule has 26 heavy (non-hydrogen) atoms. The standard InChI is InChI=1S/C20H27ClN2O3/c1-2-11-26-14-19(25)22-9-7-20(8-10-22)12-18(24)23(15-20)13-16-3-5-17(21)6-4-16/h3-6H,2,7-15H2,1H3. The summed E-state index contributed by atoms with van der Waals surface area (Å²) in [5, 5.41) is 0.706. The predicted octanol–water partition coefficient (Wildman–Crippen LogP) is 3.11. The second-order valence-electron chi connectivity index (χ2n) is 7.49. The smallest absolute Gasteiger partial charge is 0.248 e. The van der Waals surface area contributed by atoms with Crippen molar-refractivity contribution in [3.63, 3.8) is 0 Å². The quantitative estimate of drug-likeness (QED) is 0.715. The van der Waals surface area contributed by atoms with Gasteiger partial charge in [0.05, 0.1) is 0 Å². The zero-order valence-electron chi connectivity index (χ0n) is 15.4. The second-order valence-corrected chi connectivity index (χ2v) is 7.92. The minimum atomic E-state index is 0.0184. The number of amides is 2. The number of benzene rings is 1. The van der Waals surface area contributed by atoms with Gasteiger partial charge in [-0.25, -0.2) is 0 Å². The highest BCUT2D eigenvalue weighted by Gasteiger charge is 2.45. The van der Waals surface area contributed by atoms with Crippen LogP contribution < -0.4 is 0 Å². The van der Waals surface area contributed by atoms with Crippen LogP contribution in [0.2, 0.25) is 5.02 Å². The van der Waals surface area contributed by atoms with E-state index in [0.717, 1.165) is 44.5 Å². The van der Waals surface area contributed by atoms with Crippen LogP contribution in [0.3, 0.4) is 0 Å². The van der Waals surface area contributed by atoms with E-state index in [4.69, 9.17) is 16.3 Å². The highest BCUT2D eigenvalue weighted by Crippen LogP contribution is 2.41. The van der Waals surface area contributed by atoms with Crippen LogP contribution in [-0.4, -0.2) is 54.5 Å². The molecule has 2 heterocycles. The van der Waals surface area contributed by atoms with E-state index in [1.165, 1.54) is 0 Å². The maximum absolute atomic E-state index is 12.5. The molecule has 1 aromatic carbocycles. The van der Waals surface area contributed by atoms with E-state index in [1.807, 2.05) is 41.0 Å². The third kappa shape index (κ3) is 4.57. The Morgan fingerprint density at radius 2 is 1.92 bits per heavy atom. The van der Waals surface area contributed by atoms with Crippen LogP contribution >= 0.6 is 11.6 Å². The molecule has 142 valence electrons. The molecule has 0 N–H and O–H groups in total. The zero-order chi connectivity index (χ0) is 18.6. The van der Waals surface area contributed by atoms with Gasteiger partial charge in [0.2, 0.25) is 11.8 Å². The Morgan fingerprint density at radius 1 is 1.23 bits per heavy atom. The molecule has 2 aliphatic rings. The number of carbonyl (C=O) groups excluding carboxylic acids is 2. The second kappa shape index (κ2) is 8.40. The Kier molecular flexibility index (Phi) is 6.20. The Labute approximate surface area is 160 Å². The van der Waals surface area contributed by atoms with Gasteiger partial charge in [-0.15, -0.1) is 0 Å². The number of rotatable bonds is 6. The number of ether oxygens (including phenoxy) is 1. The summed E-state index contributed by atoms with van der Waals surface area (Å²) in [7, 11) is 0. The molecule has 2 saturated heterocycles. The molecule has 1 spiro atoms. The van der Waals surface area contributed by atoms with Gasteiger partial charge in [0, 0.05) is 49.6 Å². The van der Waals surface area contributed by atoms with Crippen molar-refractivity contribution >= 4 is 23.4 Å². The molecule has 6 heteroatoms. The van der Waals surface area contributed by atoms with E-state index in [9.17, 15) is 9.59 Å². The first-order valence-electron chi connectivity index (χ1n) is 9.39. The van der Waals surface area contributed by atoms with Crippen molar-refractivity contribution in [2.24, 2.45) is 5.41 Å². The van der Waals surface area contributed by atoms with Crippen molar-refractivity contribution in [3.05, 3.63) is 34.9 Å². The van der Waals surface area contributed by atoms with E-state index in [2.05, 4.69) is 0 Å². The topological polar surface area (TPSA) is 49.9 Å². The summed E-state index contributed by atoms with van der Waals surface area (Å²) in [5.41, 5.74) is 1.12. The molecule has 0 radical (unpaired) electrons. The van der Waals surface area contributed by atoms with Gasteiger partial charge in [-0.3, -0.25) is 9.59 Å². The van der Waals surface area contributed by atoms with Crippen molar-refractivity contribution < 1.29 is 14.3 Å². The van der Waals surface area contributed by atoms with Gasteiger partial charge < -0.3 is 14.5 Å². The Hall–Kier alpha value is -1.59. The highest BCUT2D eigenvalue weighted by atomic mass is 35.5. The number of nitrogens with zero attached hydrogens (tertiary/aromatic N) is 2. The van der Waals surface area contributed by atoms with Gasteiger partial charge >= 0.3 is 0 Å². The fourth-order valence-electron chi connectivity index (χ4n) is 3.90. The SMILES string of the molecule is CCCOCC(=O)N1CCC2(CC1)CC(=O)N(Cc1ccc(Cl)cc1)C2. The van der Waals surface area contributed by atoms with Crippen molar-refractivity contribution in [1.29, 1.82) is 0 Å². The van der Waals surface area contributed by atoms with E-state index in [0.29, 0.717) is 24.6 Å². The monoisotopic (exact) mass is 378 g/mol. The molecule has 0 aliphatic carbocycles. The summed E-state index contributed by atoms with van der Waals surface area (Å²) >= 11 is 5.93. The Balaban J connectivity index is 1.52. The average Bonchev–Trinajstić information content (AvgIpc) is 2.92. The number of halogens is 1. The van der Waals surface area contributed by atoms with Crippen molar-refractivity contribution in [3.8, 4) is 0 Å². The molecule has 2 fully saturated rings. The van der Waals surface area contributed by atoms with Gasteiger partial charge in [-0.1, -0.05) is 30.7 Å². The normalized spacial score (nSPS) is 19.4. The molecule has 0 bridgehead atoms. The molecule has 0 aromatic heterocycles. The van der Waals surface area contributed by atoms with Crippen LogP contribution in [0.15, 0.2) is 24.3 Å². The van der Waals surface area contributed by atoms with Gasteiger partial charge in [-0.2, -0.15) is 0 Å². The van der Waals surface area contributed by atoms with Crippen LogP contribution in [0.5, 0.6) is 0 Å². The molecule has 0 unspecified atom stereocenters. The van der Waals surface area contributed by atoms with Crippen LogP contribution in [-0.2, 0) is 20.9 Å². The van der Waals surface area contributed by atoms with Gasteiger partial charge in [0.25, 0.3) is 0 Å². The predicted molar refractivity (Wildman–Crippen MR) is 101 cm³/mol. The highest BCUT2D eigenvalue weighted by molar-refractivity contribution is 6.30. The van der Waals surface area contributed by atoms with Gasteiger partial charge in [-0.05, 0) is 37.0 Å². The largest absolute Gasteiger partial charge is 0.372 e. The van der Waals surface area contributed by atoms with Gasteiger partial charge in [0.15, 0.2) is 0 Å². The van der Waals surface area contributed by atoms with Crippen LogP contribution in [0.25, 0.3) is 0 Å². The molecule has 2 aliphatic heterocycles. The summed E-state index contributed by atoms with van der Waals surface area (Å²) in [5.74, 6) is 0.279. The average molecular weight is 379 g/mol. The summed E-state index contributed by atoms with van der Waals surface area (Å²) in [6.45, 7) is 5.67. The maximum atomic E-state index is 12.5. The van der Waals surface area contributed by atoms with Crippen molar-refractivity contribution in [1.82, 2.24) is 9.80 Å². The maximum Gasteiger partial charge on any atom is 0.248 e. The third-order valence-electron chi connectivity index (χ3n) is 5.44. The first kappa shape index (κ1) is 19.2. The van der Waals surface area contributed by atoms with Gasteiger partial charge in [0.1, 0.15) is 6.61 Å². The first-order chi connectivity index (χ1) is 12.5. The lowest BCUT2D eigenvalue weighted by Gasteiger charge is -2.38. The minimum Gasteiger partial charge on any atom is -0.372 e. The molecule has 1 aromatic rings. The van der Waals surface area contributed by atoms with Crippen LogP contribution in [0, 0.1) is 5.41 Å². The molecular formula is C20H27ClN2O3. The van der Waals surface area contributed by atoms with E-state index < -0.39 is 0 Å². The van der Waals surface area contributed by atoms with E-state index in [1.54, 1.807) is 0 Å².